The summed E-state index contributed by atoms with van der Waals surface area (Å²) in [6.07, 6.45) is 0. The van der Waals surface area contributed by atoms with Gasteiger partial charge in [-0.15, -0.1) is 11.3 Å². The Morgan fingerprint density at radius 2 is 2.09 bits per heavy atom. The highest BCUT2D eigenvalue weighted by molar-refractivity contribution is 9.11. The molecule has 0 aliphatic heterocycles. The second kappa shape index (κ2) is 2.61. The zero-order chi connectivity index (χ0) is 7.84. The molecule has 0 N–H and O–H groups in total. The zero-order valence-corrected chi connectivity index (χ0v) is 8.50. The maximum absolute atomic E-state index is 3.47. The molecule has 0 saturated heterocycles. The second-order valence-electron chi connectivity index (χ2n) is 2.59. The monoisotopic (exact) mass is 226 g/mol. The van der Waals surface area contributed by atoms with Gasteiger partial charge in [-0.1, -0.05) is 17.7 Å². The summed E-state index contributed by atoms with van der Waals surface area (Å²) in [5, 5.41) is 1.34. The van der Waals surface area contributed by atoms with Crippen molar-refractivity contribution in [1.29, 1.82) is 0 Å². The van der Waals surface area contributed by atoms with Crippen molar-refractivity contribution in [2.24, 2.45) is 0 Å². The van der Waals surface area contributed by atoms with E-state index in [4.69, 9.17) is 0 Å². The van der Waals surface area contributed by atoms with Crippen LogP contribution >= 0.6 is 27.3 Å². The molecule has 2 rings (SSSR count). The zero-order valence-electron chi connectivity index (χ0n) is 6.10. The van der Waals surface area contributed by atoms with Gasteiger partial charge in [-0.25, -0.2) is 0 Å². The van der Waals surface area contributed by atoms with E-state index in [0.29, 0.717) is 0 Å². The average Bonchev–Trinajstić information content (AvgIpc) is 2.27. The minimum absolute atomic E-state index is 1.21. The van der Waals surface area contributed by atoms with E-state index in [9.17, 15) is 0 Å². The Morgan fingerprint density at radius 3 is 2.91 bits per heavy atom. The van der Waals surface area contributed by atoms with Crippen LogP contribution in [0.3, 0.4) is 0 Å². The van der Waals surface area contributed by atoms with Crippen LogP contribution in [0, 0.1) is 6.92 Å². The quantitative estimate of drug-likeness (QED) is 0.638. The minimum atomic E-state index is 1.21. The Morgan fingerprint density at radius 1 is 1.27 bits per heavy atom. The molecule has 0 saturated carbocycles. The van der Waals surface area contributed by atoms with E-state index in [1.807, 2.05) is 0 Å². The van der Waals surface area contributed by atoms with Crippen molar-refractivity contribution in [3.63, 3.8) is 0 Å². The van der Waals surface area contributed by atoms with Gasteiger partial charge in [-0.05, 0) is 40.4 Å². The first-order chi connectivity index (χ1) is 5.25. The van der Waals surface area contributed by atoms with Crippen molar-refractivity contribution in [3.8, 4) is 0 Å². The van der Waals surface area contributed by atoms with Gasteiger partial charge in [0.25, 0.3) is 0 Å². The average molecular weight is 227 g/mol. The van der Waals surface area contributed by atoms with Crippen LogP contribution in [0.5, 0.6) is 0 Å². The molecule has 1 aromatic heterocycles. The van der Waals surface area contributed by atoms with Crippen molar-refractivity contribution in [1.82, 2.24) is 0 Å². The summed E-state index contributed by atoms with van der Waals surface area (Å²) in [6, 6.07) is 8.68. The Labute approximate surface area is 78.0 Å². The van der Waals surface area contributed by atoms with Gasteiger partial charge in [0.1, 0.15) is 0 Å². The number of aryl methyl sites for hydroxylation is 1. The molecule has 0 aliphatic rings. The highest BCUT2D eigenvalue weighted by Gasteiger charge is 1.97. The first-order valence-electron chi connectivity index (χ1n) is 3.41. The Hall–Kier alpha value is -0.340. The molecular weight excluding hydrogens is 220 g/mol. The van der Waals surface area contributed by atoms with Crippen LogP contribution in [0.15, 0.2) is 28.1 Å². The first-order valence-corrected chi connectivity index (χ1v) is 5.02. The lowest BCUT2D eigenvalue weighted by molar-refractivity contribution is 1.51. The van der Waals surface area contributed by atoms with Crippen LogP contribution in [-0.4, -0.2) is 0 Å². The molecule has 0 bridgehead atoms. The SMILES string of the molecule is Cc1ccc2sc(Br)cc2c1. The summed E-state index contributed by atoms with van der Waals surface area (Å²) in [6.45, 7) is 2.12. The predicted molar refractivity (Wildman–Crippen MR) is 54.3 cm³/mol. The molecule has 0 aliphatic carbocycles. The van der Waals surface area contributed by atoms with E-state index in [-0.39, 0.29) is 0 Å². The molecule has 0 unspecified atom stereocenters. The van der Waals surface area contributed by atoms with Crippen LogP contribution in [0.1, 0.15) is 5.56 Å². The first kappa shape index (κ1) is 7.32. The van der Waals surface area contributed by atoms with Gasteiger partial charge in [0.2, 0.25) is 0 Å². The molecule has 0 atom stereocenters. The van der Waals surface area contributed by atoms with E-state index in [1.54, 1.807) is 11.3 Å². The topological polar surface area (TPSA) is 0 Å². The summed E-state index contributed by atoms with van der Waals surface area (Å²) in [4.78, 5) is 0. The van der Waals surface area contributed by atoms with E-state index < -0.39 is 0 Å². The van der Waals surface area contributed by atoms with Crippen molar-refractivity contribution < 1.29 is 0 Å². The third-order valence-corrected chi connectivity index (χ3v) is 3.26. The molecule has 56 valence electrons. The van der Waals surface area contributed by atoms with Crippen LogP contribution in [0.2, 0.25) is 0 Å². The van der Waals surface area contributed by atoms with Crippen molar-refractivity contribution in [2.45, 2.75) is 6.92 Å². The molecule has 2 heteroatoms. The Balaban J connectivity index is 2.82. The summed E-state index contributed by atoms with van der Waals surface area (Å²) in [7, 11) is 0. The molecule has 1 aromatic carbocycles. The van der Waals surface area contributed by atoms with Crippen LogP contribution in [0.25, 0.3) is 10.1 Å². The van der Waals surface area contributed by atoms with Crippen molar-refractivity contribution >= 4 is 37.4 Å². The van der Waals surface area contributed by atoms with Crippen LogP contribution < -0.4 is 0 Å². The molecule has 1 heterocycles. The number of fused-ring (bicyclic) bond motifs is 1. The number of hydrogen-bond acceptors (Lipinski definition) is 1. The van der Waals surface area contributed by atoms with E-state index >= 15 is 0 Å². The van der Waals surface area contributed by atoms with E-state index in [1.165, 1.54) is 19.4 Å². The second-order valence-corrected chi connectivity index (χ2v) is 5.05. The van der Waals surface area contributed by atoms with E-state index in [0.717, 1.165) is 0 Å². The number of rotatable bonds is 0. The largest absolute Gasteiger partial charge is 0.128 e. The lowest BCUT2D eigenvalue weighted by Crippen LogP contribution is -1.67. The number of hydrogen-bond donors (Lipinski definition) is 0. The summed E-state index contributed by atoms with van der Waals surface area (Å²) in [5.74, 6) is 0. The van der Waals surface area contributed by atoms with E-state index in [2.05, 4.69) is 47.1 Å². The summed E-state index contributed by atoms with van der Waals surface area (Å²) >= 11 is 5.25. The van der Waals surface area contributed by atoms with Gasteiger partial charge in [0, 0.05) is 4.70 Å². The lowest BCUT2D eigenvalue weighted by atomic mass is 10.2. The summed E-state index contributed by atoms with van der Waals surface area (Å²) < 4.78 is 2.56. The normalized spacial score (nSPS) is 10.7. The third-order valence-electron chi connectivity index (χ3n) is 1.64. The van der Waals surface area contributed by atoms with Crippen molar-refractivity contribution in [3.05, 3.63) is 33.6 Å². The maximum atomic E-state index is 3.47. The van der Waals surface area contributed by atoms with Crippen molar-refractivity contribution in [2.75, 3.05) is 0 Å². The van der Waals surface area contributed by atoms with Gasteiger partial charge < -0.3 is 0 Å². The fraction of sp³-hybridized carbons (Fsp3) is 0.111. The van der Waals surface area contributed by atoms with Gasteiger partial charge in [0.15, 0.2) is 0 Å². The fourth-order valence-corrected chi connectivity index (χ4v) is 2.67. The molecule has 0 radical (unpaired) electrons. The standard InChI is InChI=1S/C9H7BrS/c1-6-2-3-8-7(4-6)5-9(10)11-8/h2-5H,1H3. The molecule has 0 nitrogen and oxygen atoms in total. The Kier molecular flexibility index (Phi) is 1.74. The highest BCUT2D eigenvalue weighted by atomic mass is 79.9. The van der Waals surface area contributed by atoms with Crippen LogP contribution in [0.4, 0.5) is 0 Å². The molecule has 0 fully saturated rings. The lowest BCUT2D eigenvalue weighted by Gasteiger charge is -1.89. The van der Waals surface area contributed by atoms with Crippen LogP contribution in [-0.2, 0) is 0 Å². The predicted octanol–water partition coefficient (Wildman–Crippen LogP) is 3.97. The van der Waals surface area contributed by atoms with Gasteiger partial charge in [-0.2, -0.15) is 0 Å². The smallest absolute Gasteiger partial charge is 0.0711 e. The van der Waals surface area contributed by atoms with Gasteiger partial charge in [-0.3, -0.25) is 0 Å². The fourth-order valence-electron chi connectivity index (χ4n) is 1.13. The minimum Gasteiger partial charge on any atom is -0.128 e. The number of halogens is 1. The number of benzene rings is 1. The Bertz CT molecular complexity index is 389. The van der Waals surface area contributed by atoms with Gasteiger partial charge >= 0.3 is 0 Å². The molecule has 11 heavy (non-hydrogen) atoms. The summed E-state index contributed by atoms with van der Waals surface area (Å²) in [5.41, 5.74) is 1.32. The number of thiophene rings is 1. The molecular formula is C9H7BrS. The molecule has 2 aromatic rings. The van der Waals surface area contributed by atoms with Gasteiger partial charge in [0.05, 0.1) is 3.79 Å². The highest BCUT2D eigenvalue weighted by Crippen LogP contribution is 2.29. The molecule has 0 amide bonds. The molecule has 0 spiro atoms. The maximum Gasteiger partial charge on any atom is 0.0711 e. The third kappa shape index (κ3) is 1.33.